The molecule has 0 bridgehead atoms. The Bertz CT molecular complexity index is 989. The summed E-state index contributed by atoms with van der Waals surface area (Å²) >= 11 is 0. The fraction of sp³-hybridized carbons (Fsp3) is 0.853. The summed E-state index contributed by atoms with van der Waals surface area (Å²) in [6, 6.07) is 0. The van der Waals surface area contributed by atoms with E-state index in [2.05, 4.69) is 40.7 Å². The molecule has 0 radical (unpaired) electrons. The number of methoxy groups -OCH3 is 2. The van der Waals surface area contributed by atoms with Crippen LogP contribution in [0.3, 0.4) is 0 Å². The maximum absolute atomic E-state index is 12.2. The van der Waals surface area contributed by atoms with Crippen molar-refractivity contribution < 1.29 is 63.9 Å². The number of rotatable bonds is 9. The van der Waals surface area contributed by atoms with E-state index in [9.17, 15) is 14.7 Å². The Labute approximate surface area is 279 Å². The molecular weight excluding hydrogens is 659 g/mol. The number of ketones is 2. The number of epoxide rings is 3. The van der Waals surface area contributed by atoms with E-state index < -0.39 is 17.3 Å². The van der Waals surface area contributed by atoms with Crippen LogP contribution in [0.1, 0.15) is 93.4 Å². The first-order chi connectivity index (χ1) is 19.6. The molecule has 5 fully saturated rings. The Morgan fingerprint density at radius 1 is 0.932 bits per heavy atom. The monoisotopic (exact) mass is 717 g/mol. The Morgan fingerprint density at radius 3 is 1.89 bits per heavy atom. The first-order valence-electron chi connectivity index (χ1n) is 15.6. The molecule has 2 aliphatic carbocycles. The van der Waals surface area contributed by atoms with E-state index in [0.29, 0.717) is 25.2 Å². The molecule has 3 aliphatic heterocycles. The zero-order chi connectivity index (χ0) is 31.7. The van der Waals surface area contributed by atoms with Gasteiger partial charge >= 0.3 is 0 Å². The first-order valence-corrected chi connectivity index (χ1v) is 15.6. The average Bonchev–Trinajstić information content (AvgIpc) is 3.89. The molecule has 2 N–H and O–H groups in total. The summed E-state index contributed by atoms with van der Waals surface area (Å²) in [4.78, 5) is 24.2. The SMILES string of the molecule is CO.CO[C@@H]1C(=O)CC[C@@](C)(O)C1[C@]1(C)O[C@@H]1CCC(C)C.CO[C@@H]1C(=O)CC[C@]2(CO2)C1[C@]1(C)O[C@@H]1CC=C(C)C.[CH3-].[Pd]. The van der Waals surface area contributed by atoms with Crippen molar-refractivity contribution in [3.63, 3.8) is 0 Å². The summed E-state index contributed by atoms with van der Waals surface area (Å²) in [6.45, 7) is 15.2. The maximum Gasteiger partial charge on any atom is 0.162 e. The quantitative estimate of drug-likeness (QED) is 0.152. The molecule has 10 heteroatoms. The number of hydrogen-bond acceptors (Lipinski definition) is 9. The summed E-state index contributed by atoms with van der Waals surface area (Å²) in [5.41, 5.74) is -0.517. The average molecular weight is 718 g/mol. The van der Waals surface area contributed by atoms with Crippen molar-refractivity contribution in [2.75, 3.05) is 27.9 Å². The molecule has 0 amide bonds. The zero-order valence-electron chi connectivity index (χ0n) is 28.8. The minimum Gasteiger partial charge on any atom is -0.400 e. The second-order valence-electron chi connectivity index (χ2n) is 14.0. The number of aliphatic hydroxyl groups excluding tert-OH is 1. The molecule has 2 saturated carbocycles. The van der Waals surface area contributed by atoms with Gasteiger partial charge in [-0.05, 0) is 72.6 Å². The van der Waals surface area contributed by atoms with Gasteiger partial charge < -0.3 is 41.3 Å². The van der Waals surface area contributed by atoms with Crippen molar-refractivity contribution in [2.45, 2.75) is 140 Å². The molecule has 44 heavy (non-hydrogen) atoms. The van der Waals surface area contributed by atoms with Gasteiger partial charge in [-0.1, -0.05) is 25.5 Å². The minimum absolute atomic E-state index is 0. The van der Waals surface area contributed by atoms with E-state index in [1.165, 1.54) is 5.57 Å². The van der Waals surface area contributed by atoms with E-state index in [0.717, 1.165) is 39.4 Å². The van der Waals surface area contributed by atoms with Crippen LogP contribution in [0, 0.1) is 25.2 Å². The van der Waals surface area contributed by atoms with Gasteiger partial charge in [-0.3, -0.25) is 9.59 Å². The molecule has 5 rings (SSSR count). The zero-order valence-corrected chi connectivity index (χ0v) is 30.4. The van der Waals surface area contributed by atoms with Gasteiger partial charge in [0.1, 0.15) is 29.0 Å². The Kier molecular flexibility index (Phi) is 15.1. The van der Waals surface area contributed by atoms with Gasteiger partial charge in [0.25, 0.3) is 0 Å². The van der Waals surface area contributed by atoms with Crippen LogP contribution in [-0.4, -0.2) is 96.5 Å². The molecule has 0 aromatic heterocycles. The third kappa shape index (κ3) is 8.67. The van der Waals surface area contributed by atoms with Gasteiger partial charge in [-0.2, -0.15) is 0 Å². The fourth-order valence-electron chi connectivity index (χ4n) is 7.52. The van der Waals surface area contributed by atoms with Gasteiger partial charge in [0.15, 0.2) is 11.6 Å². The van der Waals surface area contributed by atoms with Crippen LogP contribution in [-0.2, 0) is 53.7 Å². The Balaban J connectivity index is 0.000000399. The molecule has 5 aliphatic rings. The van der Waals surface area contributed by atoms with Gasteiger partial charge in [0, 0.05) is 54.6 Å². The second kappa shape index (κ2) is 16.0. The van der Waals surface area contributed by atoms with Crippen LogP contribution in [0.5, 0.6) is 0 Å². The number of carbonyl (C=O) groups excluding carboxylic acids is 2. The first kappa shape index (κ1) is 41.5. The molecular formula is C34H59O9Pd-. The molecule has 9 nitrogen and oxygen atoms in total. The number of carbonyl (C=O) groups is 2. The summed E-state index contributed by atoms with van der Waals surface area (Å²) in [5.74, 6) is 0.657. The number of hydrogen-bond donors (Lipinski definition) is 2. The molecule has 3 saturated heterocycles. The van der Waals surface area contributed by atoms with Gasteiger partial charge in [-0.15, -0.1) is 0 Å². The smallest absolute Gasteiger partial charge is 0.162 e. The molecule has 3 heterocycles. The van der Waals surface area contributed by atoms with Crippen molar-refractivity contribution in [1.29, 1.82) is 0 Å². The molecule has 1 spiro atoms. The van der Waals surface area contributed by atoms with Crippen molar-refractivity contribution in [3.8, 4) is 0 Å². The van der Waals surface area contributed by atoms with Gasteiger partial charge in [0.05, 0.1) is 36.3 Å². The predicted molar refractivity (Wildman–Crippen MR) is 166 cm³/mol. The van der Waals surface area contributed by atoms with Crippen LogP contribution in [0.25, 0.3) is 0 Å². The van der Waals surface area contributed by atoms with Crippen LogP contribution < -0.4 is 0 Å². The standard InChI is InChI=1S/C16H24O4.C16H28O4.CH4O.CH3.Pd/c1-10(2)5-6-12-15(3,20-12)14-13(18-4)11(17)7-8-16(14)9-19-16;1-10(2)6-7-12-16(4,20-12)14-13(19-5)11(17)8-9-15(14,3)18;1-2;;/h5,12-14H,6-9H2,1-4H3;10,12-14,18H,6-9H2,1-5H3;2H,1H3;1H3;/q;;;-1;/t12-,13-,14?,15-,16+;12-,13-,14?,15-,16-;;;/m11.../s1. The topological polar surface area (TPSA) is 131 Å². The van der Waals surface area contributed by atoms with Crippen LogP contribution in [0.4, 0.5) is 0 Å². The summed E-state index contributed by atoms with van der Waals surface area (Å²) in [7, 11) is 4.17. The predicted octanol–water partition coefficient (Wildman–Crippen LogP) is 4.64. The molecule has 0 aromatic carbocycles. The summed E-state index contributed by atoms with van der Waals surface area (Å²) < 4.78 is 28.6. The van der Waals surface area contributed by atoms with Crippen LogP contribution in [0.15, 0.2) is 11.6 Å². The molecule has 10 atom stereocenters. The molecule has 0 aromatic rings. The summed E-state index contributed by atoms with van der Waals surface area (Å²) in [6.07, 6.45) is 6.79. The van der Waals surface area contributed by atoms with E-state index in [4.69, 9.17) is 28.8 Å². The van der Waals surface area contributed by atoms with Crippen molar-refractivity contribution in [3.05, 3.63) is 19.1 Å². The molecule has 260 valence electrons. The number of Topliss-reactive ketones (excluding diaryl/α,β-unsaturated/α-hetero) is 2. The van der Waals surface area contributed by atoms with Gasteiger partial charge in [0.2, 0.25) is 0 Å². The maximum atomic E-state index is 12.2. The van der Waals surface area contributed by atoms with Crippen LogP contribution >= 0.6 is 0 Å². The fourth-order valence-corrected chi connectivity index (χ4v) is 7.52. The van der Waals surface area contributed by atoms with Crippen molar-refractivity contribution in [2.24, 2.45) is 17.8 Å². The number of allylic oxidation sites excluding steroid dienone is 1. The van der Waals surface area contributed by atoms with Crippen molar-refractivity contribution >= 4 is 11.6 Å². The number of ether oxygens (including phenoxy) is 5. The largest absolute Gasteiger partial charge is 0.400 e. The minimum atomic E-state index is -0.907. The third-order valence-electron chi connectivity index (χ3n) is 10.1. The third-order valence-corrected chi connectivity index (χ3v) is 10.1. The summed E-state index contributed by atoms with van der Waals surface area (Å²) in [5, 5.41) is 17.7. The van der Waals surface area contributed by atoms with E-state index >= 15 is 0 Å². The Hall–Kier alpha value is -0.538. The number of aliphatic hydroxyl groups is 2. The Morgan fingerprint density at radius 2 is 1.41 bits per heavy atom. The van der Waals surface area contributed by atoms with Gasteiger partial charge in [-0.25, -0.2) is 0 Å². The van der Waals surface area contributed by atoms with E-state index in [-0.39, 0.29) is 80.8 Å². The second-order valence-corrected chi connectivity index (χ2v) is 14.0. The van der Waals surface area contributed by atoms with Crippen LogP contribution in [0.2, 0.25) is 0 Å². The van der Waals surface area contributed by atoms with E-state index in [1.807, 2.05) is 13.8 Å². The normalized spacial score (nSPS) is 41.7. The molecule has 2 unspecified atom stereocenters. The van der Waals surface area contributed by atoms with Crippen molar-refractivity contribution in [1.82, 2.24) is 0 Å². The van der Waals surface area contributed by atoms with E-state index in [1.54, 1.807) is 14.2 Å².